The van der Waals surface area contributed by atoms with Crippen LogP contribution in [0, 0.1) is 75.5 Å². The van der Waals surface area contributed by atoms with Gasteiger partial charge in [-0.05, 0) is 57.8 Å². The third kappa shape index (κ3) is 8.96. The Kier molecular flexibility index (Phi) is 11.0. The first-order chi connectivity index (χ1) is 11.8. The summed E-state index contributed by atoms with van der Waals surface area (Å²) in [4.78, 5) is 11.1. The second-order valence-corrected chi connectivity index (χ2v) is 4.87. The van der Waals surface area contributed by atoms with Crippen LogP contribution in [0.5, 0.6) is 0 Å². The minimum absolute atomic E-state index is 0. The zero-order valence-electron chi connectivity index (χ0n) is 13.8. The van der Waals surface area contributed by atoms with Gasteiger partial charge in [-0.25, -0.2) is 0 Å². The van der Waals surface area contributed by atoms with Crippen molar-refractivity contribution in [3.63, 3.8) is 0 Å². The number of hydrogen-bond donors (Lipinski definition) is 0. The number of carbonyl (C=O) groups is 1. The van der Waals surface area contributed by atoms with E-state index < -0.39 is 0 Å². The van der Waals surface area contributed by atoms with Crippen molar-refractivity contribution in [2.45, 2.75) is 6.92 Å². The number of hydrogen-bond acceptors (Lipinski definition) is 2. The van der Waals surface area contributed by atoms with Gasteiger partial charge in [-0.3, -0.25) is 4.79 Å². The van der Waals surface area contributed by atoms with Gasteiger partial charge in [-0.1, -0.05) is 42.2 Å². The van der Waals surface area contributed by atoms with Crippen LogP contribution >= 0.6 is 0 Å². The molecule has 0 N–H and O–H groups in total. The molecule has 2 aliphatic rings. The maximum absolute atomic E-state index is 11.1. The molecule has 0 bridgehead atoms. The first-order valence-corrected chi connectivity index (χ1v) is 7.59. The van der Waals surface area contributed by atoms with Crippen molar-refractivity contribution in [3.05, 3.63) is 106 Å². The Morgan fingerprint density at radius 2 is 1.48 bits per heavy atom. The van der Waals surface area contributed by atoms with Crippen LogP contribution in [0.4, 0.5) is 0 Å². The van der Waals surface area contributed by atoms with Gasteiger partial charge in [0.1, 0.15) is 5.76 Å². The molecule has 2 fully saturated rings. The van der Waals surface area contributed by atoms with Gasteiger partial charge >= 0.3 is 23.0 Å². The maximum Gasteiger partial charge on any atom is 2.00 e. The van der Waals surface area contributed by atoms with Gasteiger partial charge < -0.3 is 4.74 Å². The van der Waals surface area contributed by atoms with Gasteiger partial charge in [0, 0.05) is 18.6 Å². The Bertz CT molecular complexity index is 578. The van der Waals surface area contributed by atoms with Crippen molar-refractivity contribution < 1.29 is 26.6 Å². The summed E-state index contributed by atoms with van der Waals surface area (Å²) in [5, 5.41) is 0. The van der Waals surface area contributed by atoms with E-state index in [-0.39, 0.29) is 23.0 Å². The molecule has 2 saturated carbocycles. The van der Waals surface area contributed by atoms with E-state index in [4.69, 9.17) is 4.74 Å². The molecule has 0 unspecified atom stereocenters. The second kappa shape index (κ2) is 12.8. The second-order valence-electron chi connectivity index (χ2n) is 4.87. The van der Waals surface area contributed by atoms with Gasteiger partial charge in [-0.2, -0.15) is 0 Å². The van der Waals surface area contributed by atoms with E-state index in [9.17, 15) is 4.79 Å². The third-order valence-electron chi connectivity index (χ3n) is 2.95. The quantitative estimate of drug-likeness (QED) is 0.340. The number of benzene rings is 1. The molecule has 10 radical (unpaired) electrons. The summed E-state index contributed by atoms with van der Waals surface area (Å²) in [6.07, 6.45) is 19.3. The summed E-state index contributed by atoms with van der Waals surface area (Å²) in [6, 6.07) is 9.43. The van der Waals surface area contributed by atoms with Crippen LogP contribution in [0.1, 0.15) is 12.5 Å². The normalized spacial score (nSPS) is 16.8. The average molecular weight is 370 g/mol. The Morgan fingerprint density at radius 1 is 0.920 bits per heavy atom. The summed E-state index contributed by atoms with van der Waals surface area (Å²) in [7, 11) is 0. The Hall–Kier alpha value is -1.49. The smallest absolute Gasteiger partial charge is 0.425 e. The van der Waals surface area contributed by atoms with Crippen LogP contribution in [0.25, 0.3) is 5.76 Å². The summed E-state index contributed by atoms with van der Waals surface area (Å²) in [6.45, 7) is 1.38. The molecule has 3 heteroatoms. The molecule has 0 spiro atoms. The number of ether oxygens (including phenoxy) is 1. The van der Waals surface area contributed by atoms with E-state index in [1.807, 2.05) is 88.1 Å². The van der Waals surface area contributed by atoms with Crippen LogP contribution in [0.3, 0.4) is 0 Å². The van der Waals surface area contributed by atoms with Gasteiger partial charge in [-0.15, -0.1) is 0 Å². The molecule has 1 aromatic rings. The Labute approximate surface area is 162 Å². The molecule has 0 amide bonds. The fourth-order valence-electron chi connectivity index (χ4n) is 1.89. The molecular formula is C22H18FeO2+2. The van der Waals surface area contributed by atoms with E-state index in [0.717, 1.165) is 11.5 Å². The van der Waals surface area contributed by atoms with E-state index >= 15 is 0 Å². The molecule has 0 heterocycles. The topological polar surface area (TPSA) is 26.3 Å². The molecule has 2 aliphatic carbocycles. The van der Waals surface area contributed by atoms with E-state index in [1.165, 1.54) is 6.92 Å². The van der Waals surface area contributed by atoms with Gasteiger partial charge in [0.25, 0.3) is 0 Å². The van der Waals surface area contributed by atoms with Crippen LogP contribution < -0.4 is 0 Å². The largest absolute Gasteiger partial charge is 2.00 e. The van der Waals surface area contributed by atoms with Gasteiger partial charge in [0.15, 0.2) is 0 Å². The summed E-state index contributed by atoms with van der Waals surface area (Å²) < 4.78 is 5.18. The van der Waals surface area contributed by atoms with Crippen LogP contribution in [-0.2, 0) is 26.6 Å². The fourth-order valence-corrected chi connectivity index (χ4v) is 1.89. The third-order valence-corrected chi connectivity index (χ3v) is 2.95. The maximum atomic E-state index is 11.1. The first kappa shape index (κ1) is 21.6. The van der Waals surface area contributed by atoms with E-state index in [2.05, 4.69) is 11.8 Å². The number of carbonyl (C=O) groups excluding carboxylic acids is 1. The minimum Gasteiger partial charge on any atom is -0.425 e. The zero-order valence-corrected chi connectivity index (χ0v) is 14.9. The predicted molar refractivity (Wildman–Crippen MR) is 95.9 cm³/mol. The number of esters is 1. The molecule has 3 rings (SSSR count). The van der Waals surface area contributed by atoms with E-state index in [1.54, 1.807) is 6.08 Å². The monoisotopic (exact) mass is 370 g/mol. The fraction of sp³-hybridized carbons (Fsp3) is 0.0455. The van der Waals surface area contributed by atoms with Crippen molar-refractivity contribution in [2.24, 2.45) is 0 Å². The SMILES string of the molecule is CC(=O)O/C(=C\C#C[C]1[CH][CH][CH][CH]1)c1ccccc1.[CH]1[CH][CH][CH][CH]1.[Fe+2]. The van der Waals surface area contributed by atoms with Gasteiger partial charge in [0.05, 0.1) is 5.92 Å². The summed E-state index contributed by atoms with van der Waals surface area (Å²) in [5.74, 6) is 6.93. The standard InChI is InChI=1S/C17H13O2.C5H5.Fe/c1-14(18)19-17(16-11-3-2-4-12-16)13-7-10-15-8-5-6-9-15;1-2-4-5-3-1;/h2-6,8-9,11-13H,1H3;1-5H;/q;;+2/b17-13-;;. The molecule has 25 heavy (non-hydrogen) atoms. The molecule has 0 aromatic heterocycles. The molecule has 0 saturated heterocycles. The average Bonchev–Trinajstić information content (AvgIpc) is 3.31. The minimum atomic E-state index is -0.356. The van der Waals surface area contributed by atoms with Crippen LogP contribution in [0.15, 0.2) is 36.4 Å². The molecular weight excluding hydrogens is 352 g/mol. The van der Waals surface area contributed by atoms with Crippen molar-refractivity contribution in [1.29, 1.82) is 0 Å². The molecule has 0 aliphatic heterocycles. The van der Waals surface area contributed by atoms with Crippen molar-refractivity contribution in [1.82, 2.24) is 0 Å². The molecule has 1 aromatic carbocycles. The van der Waals surface area contributed by atoms with Gasteiger partial charge in [0.2, 0.25) is 0 Å². The van der Waals surface area contributed by atoms with Crippen LogP contribution in [0.2, 0.25) is 0 Å². The number of rotatable bonds is 2. The summed E-state index contributed by atoms with van der Waals surface area (Å²) in [5.41, 5.74) is 0.828. The molecule has 0 atom stereocenters. The zero-order chi connectivity index (χ0) is 17.0. The molecule has 2 nitrogen and oxygen atoms in total. The van der Waals surface area contributed by atoms with E-state index in [0.29, 0.717) is 5.76 Å². The van der Waals surface area contributed by atoms with Crippen molar-refractivity contribution >= 4 is 11.7 Å². The van der Waals surface area contributed by atoms with Crippen molar-refractivity contribution in [3.8, 4) is 11.8 Å². The molecule has 124 valence electrons. The Morgan fingerprint density at radius 3 is 2.00 bits per heavy atom. The Balaban J connectivity index is 0.000000448. The first-order valence-electron chi connectivity index (χ1n) is 7.59. The number of allylic oxidation sites excluding steroid dienone is 1. The predicted octanol–water partition coefficient (Wildman–Crippen LogP) is 4.02. The summed E-state index contributed by atoms with van der Waals surface area (Å²) >= 11 is 0. The van der Waals surface area contributed by atoms with Crippen LogP contribution in [-0.4, -0.2) is 5.97 Å². The van der Waals surface area contributed by atoms with Crippen molar-refractivity contribution in [2.75, 3.05) is 0 Å².